The molecule has 1 rings (SSSR count). The molecule has 1 N–H and O–H groups in total. The van der Waals surface area contributed by atoms with Crippen LogP contribution in [-0.2, 0) is 0 Å². The van der Waals surface area contributed by atoms with E-state index in [0.717, 1.165) is 0 Å². The maximum atomic E-state index is 3.19. The van der Waals surface area contributed by atoms with Crippen LogP contribution in [-0.4, -0.2) is 19.0 Å². The van der Waals surface area contributed by atoms with Crippen LogP contribution in [0.2, 0.25) is 0 Å². The van der Waals surface area contributed by atoms with Gasteiger partial charge in [-0.1, -0.05) is 0 Å². The average Bonchev–Trinajstić information content (AvgIpc) is 1.76. The fourth-order valence-corrected chi connectivity index (χ4v) is 1.08. The maximum Gasteiger partial charge on any atom is 0.270 e. The highest BCUT2D eigenvalue weighted by Crippen LogP contribution is 1.96. The van der Waals surface area contributed by atoms with Crippen LogP contribution in [0.1, 0.15) is 0 Å². The Kier molecular flexibility index (Phi) is 1.23. The van der Waals surface area contributed by atoms with E-state index in [-0.39, 0.29) is 0 Å². The highest BCUT2D eigenvalue weighted by molar-refractivity contribution is 8.22. The lowest BCUT2D eigenvalue weighted by atomic mass is 10.4. The Morgan fingerprint density at radius 1 is 1.80 bits per heavy atom. The fourth-order valence-electron chi connectivity index (χ4n) is 0.361. The molecular formula is C2H6BNS. The Hall–Kier alpha value is 0.375. The van der Waals surface area contributed by atoms with E-state index in [1.165, 1.54) is 19.0 Å². The molecule has 1 heterocycles. The van der Waals surface area contributed by atoms with Crippen LogP contribution in [0.5, 0.6) is 0 Å². The number of hydrogen-bond donors (Lipinski definition) is 1. The monoisotopic (exact) mass is 87.0 g/mol. The molecule has 1 fully saturated rings. The van der Waals surface area contributed by atoms with Gasteiger partial charge in [-0.15, -0.1) is 0 Å². The van der Waals surface area contributed by atoms with Crippen LogP contribution in [0.3, 0.4) is 0 Å². The lowest BCUT2D eigenvalue weighted by Gasteiger charge is -1.73. The molecule has 0 bridgehead atoms. The molecule has 1 aliphatic heterocycles. The van der Waals surface area contributed by atoms with Crippen molar-refractivity contribution in [3.05, 3.63) is 0 Å². The second-order valence-corrected chi connectivity index (χ2v) is 2.16. The molecule has 0 aromatic carbocycles. The average molecular weight is 87.0 g/mol. The normalized spacial score (nSPS) is 22.4. The van der Waals surface area contributed by atoms with Crippen LogP contribution in [0.15, 0.2) is 0 Å². The van der Waals surface area contributed by atoms with Gasteiger partial charge in [0.2, 0.25) is 0 Å². The number of nitrogens with one attached hydrogen (secondary N) is 1. The third kappa shape index (κ3) is 0.854. The van der Waals surface area contributed by atoms with Crippen LogP contribution in [0.25, 0.3) is 0 Å². The van der Waals surface area contributed by atoms with Crippen molar-refractivity contribution < 1.29 is 0 Å². The molecule has 0 amide bonds. The molecule has 0 aliphatic carbocycles. The van der Waals surface area contributed by atoms with E-state index < -0.39 is 0 Å². The SMILES string of the molecule is B1NCCS1. The zero-order valence-electron chi connectivity index (χ0n) is 3.03. The Morgan fingerprint density at radius 3 is 3.00 bits per heavy atom. The Morgan fingerprint density at radius 2 is 2.80 bits per heavy atom. The fraction of sp³-hybridized carbons (Fsp3) is 1.00. The van der Waals surface area contributed by atoms with Gasteiger partial charge in [0.25, 0.3) is 6.69 Å². The van der Waals surface area contributed by atoms with E-state index in [4.69, 9.17) is 0 Å². The largest absolute Gasteiger partial charge is 0.349 e. The lowest BCUT2D eigenvalue weighted by Crippen LogP contribution is -2.07. The summed E-state index contributed by atoms with van der Waals surface area (Å²) in [6.45, 7) is 2.38. The van der Waals surface area contributed by atoms with Crippen LogP contribution in [0.4, 0.5) is 0 Å². The summed E-state index contributed by atoms with van der Waals surface area (Å²) in [6.07, 6.45) is 0. The van der Waals surface area contributed by atoms with Gasteiger partial charge in [0.15, 0.2) is 0 Å². The number of hydrogen-bond acceptors (Lipinski definition) is 2. The molecule has 0 saturated carbocycles. The summed E-state index contributed by atoms with van der Waals surface area (Å²) >= 11 is 1.96. The molecule has 0 aromatic heterocycles. The predicted octanol–water partition coefficient (Wildman–Crippen LogP) is -0.411. The minimum Gasteiger partial charge on any atom is -0.349 e. The molecule has 28 valence electrons. The zero-order valence-corrected chi connectivity index (χ0v) is 3.85. The van der Waals surface area contributed by atoms with Gasteiger partial charge in [-0.05, 0) is 12.3 Å². The van der Waals surface area contributed by atoms with Gasteiger partial charge in [-0.25, -0.2) is 0 Å². The molecule has 1 nitrogen and oxygen atoms in total. The van der Waals surface area contributed by atoms with Crippen molar-refractivity contribution in [1.29, 1.82) is 0 Å². The van der Waals surface area contributed by atoms with Crippen molar-refractivity contribution in [2.75, 3.05) is 12.3 Å². The first kappa shape index (κ1) is 3.56. The summed E-state index contributed by atoms with van der Waals surface area (Å²) in [5.74, 6) is 1.31. The van der Waals surface area contributed by atoms with Gasteiger partial charge >= 0.3 is 0 Å². The third-order valence-electron chi connectivity index (χ3n) is 0.627. The second-order valence-electron chi connectivity index (χ2n) is 1.05. The Labute approximate surface area is 36.7 Å². The van der Waals surface area contributed by atoms with Crippen LogP contribution in [0, 0.1) is 0 Å². The van der Waals surface area contributed by atoms with Gasteiger partial charge in [0, 0.05) is 0 Å². The summed E-state index contributed by atoms with van der Waals surface area (Å²) in [4.78, 5) is 0. The Bertz CT molecular complexity index is 21.2. The molecule has 0 radical (unpaired) electrons. The van der Waals surface area contributed by atoms with Crippen molar-refractivity contribution in [1.82, 2.24) is 5.23 Å². The van der Waals surface area contributed by atoms with Crippen molar-refractivity contribution in [3.8, 4) is 0 Å². The molecular weight excluding hydrogens is 80.9 g/mol. The standard InChI is InChI=1S/C2H6BNS/c1-2-5-3-4-1/h3-4H,1-2H2. The van der Waals surface area contributed by atoms with E-state index in [1.807, 2.05) is 11.6 Å². The maximum absolute atomic E-state index is 3.19. The predicted molar refractivity (Wildman–Crippen MR) is 27.6 cm³/mol. The van der Waals surface area contributed by atoms with E-state index in [0.29, 0.717) is 0 Å². The summed E-state index contributed by atoms with van der Waals surface area (Å²) in [6, 6.07) is 0. The van der Waals surface area contributed by atoms with Crippen LogP contribution >= 0.6 is 11.6 Å². The van der Waals surface area contributed by atoms with Crippen LogP contribution < -0.4 is 5.23 Å². The summed E-state index contributed by atoms with van der Waals surface area (Å²) in [5.41, 5.74) is 0. The molecule has 1 aliphatic rings. The van der Waals surface area contributed by atoms with Crippen molar-refractivity contribution >= 4 is 18.3 Å². The molecule has 5 heavy (non-hydrogen) atoms. The van der Waals surface area contributed by atoms with Gasteiger partial charge in [0.05, 0.1) is 0 Å². The van der Waals surface area contributed by atoms with E-state index >= 15 is 0 Å². The molecule has 0 unspecified atom stereocenters. The summed E-state index contributed by atoms with van der Waals surface area (Å²) < 4.78 is 0. The van der Waals surface area contributed by atoms with Gasteiger partial charge in [0.1, 0.15) is 0 Å². The number of rotatable bonds is 0. The molecule has 0 atom stereocenters. The Balaban J connectivity index is 2.08. The minimum atomic E-state index is 1.17. The molecule has 1 saturated heterocycles. The highest BCUT2D eigenvalue weighted by atomic mass is 32.2. The van der Waals surface area contributed by atoms with Gasteiger partial charge in [-0.2, -0.15) is 11.6 Å². The topological polar surface area (TPSA) is 12.0 Å². The third-order valence-corrected chi connectivity index (χ3v) is 1.53. The smallest absolute Gasteiger partial charge is 0.270 e. The first-order valence-electron chi connectivity index (χ1n) is 1.78. The summed E-state index contributed by atoms with van der Waals surface area (Å²) in [5, 5.41) is 3.19. The quantitative estimate of drug-likeness (QED) is 0.403. The second kappa shape index (κ2) is 1.72. The van der Waals surface area contributed by atoms with E-state index in [1.54, 1.807) is 0 Å². The first-order valence-corrected chi connectivity index (χ1v) is 2.94. The molecule has 0 spiro atoms. The van der Waals surface area contributed by atoms with Crippen molar-refractivity contribution in [2.24, 2.45) is 0 Å². The minimum absolute atomic E-state index is 1.17. The first-order chi connectivity index (χ1) is 2.50. The van der Waals surface area contributed by atoms with Crippen molar-refractivity contribution in [2.45, 2.75) is 0 Å². The van der Waals surface area contributed by atoms with Gasteiger partial charge < -0.3 is 5.23 Å². The van der Waals surface area contributed by atoms with Crippen molar-refractivity contribution in [3.63, 3.8) is 0 Å². The highest BCUT2D eigenvalue weighted by Gasteiger charge is 1.96. The zero-order chi connectivity index (χ0) is 3.54. The lowest BCUT2D eigenvalue weighted by molar-refractivity contribution is 1.05. The van der Waals surface area contributed by atoms with E-state index in [2.05, 4.69) is 5.23 Å². The summed E-state index contributed by atoms with van der Waals surface area (Å²) in [7, 11) is 0. The van der Waals surface area contributed by atoms with Gasteiger partial charge in [-0.3, -0.25) is 0 Å². The van der Waals surface area contributed by atoms with E-state index in [9.17, 15) is 0 Å². The molecule has 0 aromatic rings. The molecule has 3 heteroatoms.